The second kappa shape index (κ2) is 8.97. The van der Waals surface area contributed by atoms with E-state index in [9.17, 15) is 0 Å². The minimum absolute atomic E-state index is 0.0244. The third-order valence-corrected chi connectivity index (χ3v) is 7.29. The molecule has 3 heterocycles. The summed E-state index contributed by atoms with van der Waals surface area (Å²) in [4.78, 5) is 7.00. The van der Waals surface area contributed by atoms with E-state index in [0.29, 0.717) is 0 Å². The molecule has 2 aromatic carbocycles. The number of thiocarbonyl (C=S) groups is 1. The van der Waals surface area contributed by atoms with Gasteiger partial charge in [0.15, 0.2) is 5.11 Å². The molecule has 178 valence electrons. The van der Waals surface area contributed by atoms with Crippen molar-refractivity contribution in [1.82, 2.24) is 14.9 Å². The zero-order chi connectivity index (χ0) is 24.9. The topological polar surface area (TPSA) is 33.1 Å². The number of aromatic nitrogens is 2. The Balaban J connectivity index is 1.72. The molecule has 35 heavy (non-hydrogen) atoms. The third kappa shape index (κ3) is 4.14. The zero-order valence-electron chi connectivity index (χ0n) is 21.3. The van der Waals surface area contributed by atoms with Crippen molar-refractivity contribution >= 4 is 23.0 Å². The van der Waals surface area contributed by atoms with Crippen LogP contribution in [-0.2, 0) is 0 Å². The lowest BCUT2D eigenvalue weighted by molar-refractivity contribution is 0.565. The van der Waals surface area contributed by atoms with Crippen LogP contribution in [0.25, 0.3) is 5.69 Å². The van der Waals surface area contributed by atoms with Crippen molar-refractivity contribution in [3.63, 3.8) is 0 Å². The molecule has 0 unspecified atom stereocenters. The van der Waals surface area contributed by atoms with Crippen LogP contribution in [0, 0.1) is 41.5 Å². The lowest BCUT2D eigenvalue weighted by atomic mass is 9.96. The van der Waals surface area contributed by atoms with Gasteiger partial charge in [-0.3, -0.25) is 4.98 Å². The Morgan fingerprint density at radius 3 is 2.26 bits per heavy atom. The number of nitrogens with one attached hydrogen (secondary N) is 1. The van der Waals surface area contributed by atoms with Gasteiger partial charge in [-0.1, -0.05) is 24.3 Å². The first kappa shape index (κ1) is 23.3. The molecule has 0 aliphatic carbocycles. The van der Waals surface area contributed by atoms with Gasteiger partial charge in [-0.2, -0.15) is 0 Å². The van der Waals surface area contributed by atoms with Crippen molar-refractivity contribution in [1.29, 1.82) is 0 Å². The number of aryl methyl sites for hydroxylation is 5. The SMILES string of the molecule is Cc1cc(C)cc(N2C(=S)N[C@@H](c3ccccn3)[C@@H]2c2cc(C)n(-c3cc(C)ccc3C)c2C)c1. The summed E-state index contributed by atoms with van der Waals surface area (Å²) in [5, 5.41) is 4.34. The van der Waals surface area contributed by atoms with Crippen LogP contribution in [0.3, 0.4) is 0 Å². The number of pyridine rings is 1. The molecule has 1 saturated heterocycles. The molecule has 0 saturated carbocycles. The maximum absolute atomic E-state index is 5.96. The summed E-state index contributed by atoms with van der Waals surface area (Å²) in [5.41, 5.74) is 12.0. The normalized spacial score (nSPS) is 17.7. The summed E-state index contributed by atoms with van der Waals surface area (Å²) in [5.74, 6) is 0. The van der Waals surface area contributed by atoms with Crippen molar-refractivity contribution < 1.29 is 0 Å². The van der Waals surface area contributed by atoms with E-state index in [1.165, 1.54) is 44.9 Å². The fourth-order valence-electron chi connectivity index (χ4n) is 5.46. The molecule has 2 atom stereocenters. The van der Waals surface area contributed by atoms with Gasteiger partial charge in [0.1, 0.15) is 0 Å². The van der Waals surface area contributed by atoms with Crippen LogP contribution < -0.4 is 10.2 Å². The summed E-state index contributed by atoms with van der Waals surface area (Å²) in [7, 11) is 0. The number of hydrogen-bond acceptors (Lipinski definition) is 2. The Morgan fingerprint density at radius 1 is 0.829 bits per heavy atom. The molecule has 4 aromatic rings. The van der Waals surface area contributed by atoms with Crippen molar-refractivity contribution in [3.05, 3.63) is 112 Å². The molecule has 1 aliphatic heterocycles. The van der Waals surface area contributed by atoms with Crippen molar-refractivity contribution in [3.8, 4) is 5.69 Å². The Kier molecular flexibility index (Phi) is 5.97. The highest BCUT2D eigenvalue weighted by Gasteiger charge is 2.42. The number of anilines is 1. The Labute approximate surface area is 213 Å². The average Bonchev–Trinajstić information content (AvgIpc) is 3.30. The largest absolute Gasteiger partial charge is 0.351 e. The van der Waals surface area contributed by atoms with Crippen LogP contribution >= 0.6 is 12.2 Å². The summed E-state index contributed by atoms with van der Waals surface area (Å²) in [6.07, 6.45) is 1.86. The lowest BCUT2D eigenvalue weighted by Gasteiger charge is -2.29. The molecule has 1 N–H and O–H groups in total. The Hall–Kier alpha value is -3.44. The first-order valence-electron chi connectivity index (χ1n) is 12.1. The van der Waals surface area contributed by atoms with Crippen molar-refractivity contribution in [2.24, 2.45) is 0 Å². The highest BCUT2D eigenvalue weighted by Crippen LogP contribution is 2.44. The van der Waals surface area contributed by atoms with E-state index < -0.39 is 0 Å². The molecule has 0 radical (unpaired) electrons. The summed E-state index contributed by atoms with van der Waals surface area (Å²) >= 11 is 5.96. The van der Waals surface area contributed by atoms with Gasteiger partial charge in [0.2, 0.25) is 0 Å². The number of nitrogens with zero attached hydrogens (tertiary/aromatic N) is 3. The smallest absolute Gasteiger partial charge is 0.174 e. The molecule has 2 aromatic heterocycles. The predicted molar refractivity (Wildman–Crippen MR) is 149 cm³/mol. The summed E-state index contributed by atoms with van der Waals surface area (Å²) in [6, 6.07) is 21.6. The third-order valence-electron chi connectivity index (χ3n) is 6.98. The summed E-state index contributed by atoms with van der Waals surface area (Å²) in [6.45, 7) is 13.0. The van der Waals surface area contributed by atoms with Crippen LogP contribution in [0.1, 0.15) is 57.0 Å². The molecule has 1 aliphatic rings. The van der Waals surface area contributed by atoms with Gasteiger partial charge in [0.25, 0.3) is 0 Å². The predicted octanol–water partition coefficient (Wildman–Crippen LogP) is 6.90. The van der Waals surface area contributed by atoms with Gasteiger partial charge in [0.05, 0.1) is 17.8 Å². The van der Waals surface area contributed by atoms with Gasteiger partial charge in [-0.05, 0) is 118 Å². The molecular weight excluding hydrogens is 448 g/mol. The molecule has 4 nitrogen and oxygen atoms in total. The molecular formula is C30H32N4S. The maximum Gasteiger partial charge on any atom is 0.174 e. The molecule has 5 rings (SSSR count). The van der Waals surface area contributed by atoms with Crippen LogP contribution in [0.15, 0.2) is 66.9 Å². The van der Waals surface area contributed by atoms with Gasteiger partial charge in [-0.15, -0.1) is 0 Å². The minimum atomic E-state index is -0.0583. The molecule has 0 bridgehead atoms. The van der Waals surface area contributed by atoms with Gasteiger partial charge in [0, 0.05) is 29.0 Å². The molecule has 5 heteroatoms. The standard InChI is InChI=1S/C30H32N4S/c1-18-10-11-21(4)27(16-18)33-22(5)17-25(23(33)6)29-28(26-9-7-8-12-31-26)32-30(35)34(29)24-14-19(2)13-20(3)15-24/h7-17,28-29H,1-6H3,(H,32,35)/t28-,29-/m0/s1. The van der Waals surface area contributed by atoms with Gasteiger partial charge >= 0.3 is 0 Å². The van der Waals surface area contributed by atoms with Gasteiger partial charge in [-0.25, -0.2) is 0 Å². The number of rotatable bonds is 4. The van der Waals surface area contributed by atoms with E-state index in [0.717, 1.165) is 16.5 Å². The monoisotopic (exact) mass is 480 g/mol. The fraction of sp³-hybridized carbons (Fsp3) is 0.267. The molecule has 1 fully saturated rings. The van der Waals surface area contributed by atoms with Crippen LogP contribution in [0.2, 0.25) is 0 Å². The second-order valence-electron chi connectivity index (χ2n) is 9.79. The van der Waals surface area contributed by atoms with E-state index in [1.54, 1.807) is 0 Å². The van der Waals surface area contributed by atoms with Gasteiger partial charge < -0.3 is 14.8 Å². The van der Waals surface area contributed by atoms with E-state index in [-0.39, 0.29) is 12.1 Å². The first-order valence-corrected chi connectivity index (χ1v) is 12.5. The Morgan fingerprint density at radius 2 is 1.57 bits per heavy atom. The van der Waals surface area contributed by atoms with Crippen LogP contribution in [-0.4, -0.2) is 14.7 Å². The first-order chi connectivity index (χ1) is 16.7. The number of benzene rings is 2. The quantitative estimate of drug-likeness (QED) is 0.322. The maximum atomic E-state index is 5.96. The summed E-state index contributed by atoms with van der Waals surface area (Å²) < 4.78 is 2.38. The average molecular weight is 481 g/mol. The molecule has 0 amide bonds. The lowest BCUT2D eigenvalue weighted by Crippen LogP contribution is -2.29. The van der Waals surface area contributed by atoms with Crippen molar-refractivity contribution in [2.45, 2.75) is 53.6 Å². The van der Waals surface area contributed by atoms with E-state index in [4.69, 9.17) is 17.2 Å². The Bertz CT molecular complexity index is 1400. The number of hydrogen-bond donors (Lipinski definition) is 1. The van der Waals surface area contributed by atoms with E-state index in [2.05, 4.69) is 105 Å². The van der Waals surface area contributed by atoms with Crippen LogP contribution in [0.4, 0.5) is 5.69 Å². The van der Waals surface area contributed by atoms with Crippen LogP contribution in [0.5, 0.6) is 0 Å². The highest BCUT2D eigenvalue weighted by atomic mass is 32.1. The minimum Gasteiger partial charge on any atom is -0.351 e. The highest BCUT2D eigenvalue weighted by molar-refractivity contribution is 7.80. The second-order valence-corrected chi connectivity index (χ2v) is 10.2. The zero-order valence-corrected chi connectivity index (χ0v) is 22.1. The fourth-order valence-corrected chi connectivity index (χ4v) is 5.80. The van der Waals surface area contributed by atoms with E-state index in [1.807, 2.05) is 18.3 Å². The van der Waals surface area contributed by atoms with Crippen molar-refractivity contribution in [2.75, 3.05) is 4.90 Å². The van der Waals surface area contributed by atoms with E-state index >= 15 is 0 Å². The molecule has 0 spiro atoms.